The average molecular weight is 412 g/mol. The summed E-state index contributed by atoms with van der Waals surface area (Å²) in [5.41, 5.74) is 1.16. The molecule has 30 heavy (non-hydrogen) atoms. The molecule has 1 heterocycles. The van der Waals surface area contributed by atoms with Gasteiger partial charge in [0.25, 0.3) is 11.8 Å². The maximum absolute atomic E-state index is 12.7. The molecule has 3 rings (SSSR count). The minimum atomic E-state index is -0.147. The molecule has 1 N–H and O–H groups in total. The van der Waals surface area contributed by atoms with E-state index in [9.17, 15) is 9.59 Å². The SMILES string of the molecule is COc1cccc(C(=O)N2CCC(CNC(=O)c3ccc(OC)c(OC)c3)CC2)c1. The summed E-state index contributed by atoms with van der Waals surface area (Å²) in [4.78, 5) is 27.1. The van der Waals surface area contributed by atoms with Crippen LogP contribution in [0.15, 0.2) is 42.5 Å². The molecule has 0 radical (unpaired) electrons. The lowest BCUT2D eigenvalue weighted by molar-refractivity contribution is 0.0684. The topological polar surface area (TPSA) is 77.1 Å². The summed E-state index contributed by atoms with van der Waals surface area (Å²) in [5, 5.41) is 2.99. The zero-order valence-corrected chi connectivity index (χ0v) is 17.6. The van der Waals surface area contributed by atoms with Gasteiger partial charge in [-0.05, 0) is 55.2 Å². The van der Waals surface area contributed by atoms with E-state index in [4.69, 9.17) is 14.2 Å². The van der Waals surface area contributed by atoms with Crippen molar-refractivity contribution in [1.29, 1.82) is 0 Å². The van der Waals surface area contributed by atoms with E-state index in [0.29, 0.717) is 53.9 Å². The standard InChI is InChI=1S/C23H28N2O5/c1-28-19-6-4-5-18(13-19)23(27)25-11-9-16(10-12-25)15-24-22(26)17-7-8-20(29-2)21(14-17)30-3/h4-8,13-14,16H,9-12,15H2,1-3H3,(H,24,26). The van der Waals surface area contributed by atoms with Crippen LogP contribution in [-0.4, -0.2) is 57.7 Å². The highest BCUT2D eigenvalue weighted by Gasteiger charge is 2.24. The van der Waals surface area contributed by atoms with Crippen molar-refractivity contribution < 1.29 is 23.8 Å². The van der Waals surface area contributed by atoms with Gasteiger partial charge in [-0.2, -0.15) is 0 Å². The summed E-state index contributed by atoms with van der Waals surface area (Å²) in [5.74, 6) is 1.99. The molecule has 2 amide bonds. The molecule has 0 bridgehead atoms. The average Bonchev–Trinajstić information content (AvgIpc) is 2.81. The number of hydrogen-bond acceptors (Lipinski definition) is 5. The number of nitrogens with one attached hydrogen (secondary N) is 1. The van der Waals surface area contributed by atoms with Gasteiger partial charge < -0.3 is 24.4 Å². The first-order valence-corrected chi connectivity index (χ1v) is 9.99. The lowest BCUT2D eigenvalue weighted by Gasteiger charge is -2.32. The predicted octanol–water partition coefficient (Wildman–Crippen LogP) is 2.99. The van der Waals surface area contributed by atoms with E-state index < -0.39 is 0 Å². The number of carbonyl (C=O) groups excluding carboxylic acids is 2. The van der Waals surface area contributed by atoms with Crippen LogP contribution in [0.4, 0.5) is 0 Å². The highest BCUT2D eigenvalue weighted by Crippen LogP contribution is 2.27. The molecule has 0 unspecified atom stereocenters. The minimum Gasteiger partial charge on any atom is -0.497 e. The minimum absolute atomic E-state index is 0.0155. The molecule has 2 aromatic carbocycles. The predicted molar refractivity (Wildman–Crippen MR) is 114 cm³/mol. The third kappa shape index (κ3) is 5.03. The van der Waals surface area contributed by atoms with Crippen molar-refractivity contribution in [3.63, 3.8) is 0 Å². The molecular formula is C23H28N2O5. The van der Waals surface area contributed by atoms with E-state index in [1.165, 1.54) is 0 Å². The fraction of sp³-hybridized carbons (Fsp3) is 0.391. The highest BCUT2D eigenvalue weighted by molar-refractivity contribution is 5.95. The molecule has 1 aliphatic heterocycles. The molecule has 160 valence electrons. The van der Waals surface area contributed by atoms with Gasteiger partial charge in [0.1, 0.15) is 5.75 Å². The van der Waals surface area contributed by atoms with E-state index in [1.807, 2.05) is 17.0 Å². The smallest absolute Gasteiger partial charge is 0.253 e. The molecule has 0 atom stereocenters. The van der Waals surface area contributed by atoms with Gasteiger partial charge in [-0.3, -0.25) is 9.59 Å². The quantitative estimate of drug-likeness (QED) is 0.757. The Morgan fingerprint density at radius 1 is 0.933 bits per heavy atom. The molecule has 7 nitrogen and oxygen atoms in total. The van der Waals surface area contributed by atoms with Gasteiger partial charge in [-0.25, -0.2) is 0 Å². The molecule has 0 aromatic heterocycles. The summed E-state index contributed by atoms with van der Waals surface area (Å²) in [7, 11) is 4.69. The van der Waals surface area contributed by atoms with Gasteiger partial charge in [0.05, 0.1) is 21.3 Å². The lowest BCUT2D eigenvalue weighted by Crippen LogP contribution is -2.41. The van der Waals surface area contributed by atoms with Gasteiger partial charge in [-0.1, -0.05) is 6.07 Å². The first-order chi connectivity index (χ1) is 14.5. The molecule has 0 saturated carbocycles. The van der Waals surface area contributed by atoms with Crippen LogP contribution in [0.3, 0.4) is 0 Å². The first-order valence-electron chi connectivity index (χ1n) is 9.99. The Hall–Kier alpha value is -3.22. The number of methoxy groups -OCH3 is 3. The number of hydrogen-bond donors (Lipinski definition) is 1. The number of carbonyl (C=O) groups is 2. The Balaban J connectivity index is 1.50. The highest BCUT2D eigenvalue weighted by atomic mass is 16.5. The zero-order chi connectivity index (χ0) is 21.5. The number of likely N-dealkylation sites (tertiary alicyclic amines) is 1. The van der Waals surface area contributed by atoms with Crippen LogP contribution in [-0.2, 0) is 0 Å². The number of nitrogens with zero attached hydrogens (tertiary/aromatic N) is 1. The van der Waals surface area contributed by atoms with Crippen LogP contribution in [0.2, 0.25) is 0 Å². The summed E-state index contributed by atoms with van der Waals surface area (Å²) in [6, 6.07) is 12.3. The normalized spacial score (nSPS) is 14.2. The van der Waals surface area contributed by atoms with Gasteiger partial charge >= 0.3 is 0 Å². The Morgan fingerprint density at radius 2 is 1.67 bits per heavy atom. The molecule has 1 fully saturated rings. The van der Waals surface area contributed by atoms with E-state index >= 15 is 0 Å². The van der Waals surface area contributed by atoms with Gasteiger partial charge in [0, 0.05) is 30.8 Å². The molecule has 0 spiro atoms. The largest absolute Gasteiger partial charge is 0.497 e. The van der Waals surface area contributed by atoms with E-state index in [0.717, 1.165) is 12.8 Å². The molecule has 1 aliphatic rings. The van der Waals surface area contributed by atoms with Crippen LogP contribution < -0.4 is 19.5 Å². The number of rotatable bonds is 7. The fourth-order valence-electron chi connectivity index (χ4n) is 3.60. The maximum Gasteiger partial charge on any atom is 0.253 e. The summed E-state index contributed by atoms with van der Waals surface area (Å²) in [6.07, 6.45) is 1.70. The third-order valence-electron chi connectivity index (χ3n) is 5.42. The maximum atomic E-state index is 12.7. The molecule has 2 aromatic rings. The van der Waals surface area contributed by atoms with Gasteiger partial charge in [0.2, 0.25) is 0 Å². The Labute approximate surface area is 176 Å². The molecular weight excluding hydrogens is 384 g/mol. The van der Waals surface area contributed by atoms with Crippen molar-refractivity contribution in [3.8, 4) is 17.2 Å². The number of amides is 2. The van der Waals surface area contributed by atoms with E-state index in [2.05, 4.69) is 5.32 Å². The van der Waals surface area contributed by atoms with Crippen LogP contribution in [0.5, 0.6) is 17.2 Å². The first kappa shape index (κ1) is 21.5. The van der Waals surface area contributed by atoms with Crippen LogP contribution in [0, 0.1) is 5.92 Å². The second-order valence-corrected chi connectivity index (χ2v) is 7.25. The van der Waals surface area contributed by atoms with E-state index in [1.54, 1.807) is 51.7 Å². The Morgan fingerprint density at radius 3 is 2.33 bits per heavy atom. The van der Waals surface area contributed by atoms with Crippen molar-refractivity contribution >= 4 is 11.8 Å². The fourth-order valence-corrected chi connectivity index (χ4v) is 3.60. The van der Waals surface area contributed by atoms with Crippen molar-refractivity contribution in [1.82, 2.24) is 10.2 Å². The molecule has 7 heteroatoms. The summed E-state index contributed by atoms with van der Waals surface area (Å²) in [6.45, 7) is 1.92. The summed E-state index contributed by atoms with van der Waals surface area (Å²) >= 11 is 0. The molecule has 0 aliphatic carbocycles. The second kappa shape index (κ2) is 10.0. The number of ether oxygens (including phenoxy) is 3. The van der Waals surface area contributed by atoms with Crippen molar-refractivity contribution in [3.05, 3.63) is 53.6 Å². The zero-order valence-electron chi connectivity index (χ0n) is 17.6. The summed E-state index contributed by atoms with van der Waals surface area (Å²) < 4.78 is 15.7. The van der Waals surface area contributed by atoms with Crippen molar-refractivity contribution in [2.45, 2.75) is 12.8 Å². The molecule has 1 saturated heterocycles. The Bertz CT molecular complexity index is 891. The number of benzene rings is 2. The van der Waals surface area contributed by atoms with Crippen molar-refractivity contribution in [2.24, 2.45) is 5.92 Å². The second-order valence-electron chi connectivity index (χ2n) is 7.25. The van der Waals surface area contributed by atoms with Crippen LogP contribution >= 0.6 is 0 Å². The Kier molecular flexibility index (Phi) is 7.17. The van der Waals surface area contributed by atoms with Gasteiger partial charge in [0.15, 0.2) is 11.5 Å². The van der Waals surface area contributed by atoms with E-state index in [-0.39, 0.29) is 11.8 Å². The number of piperidine rings is 1. The lowest BCUT2D eigenvalue weighted by atomic mass is 9.96. The van der Waals surface area contributed by atoms with Crippen LogP contribution in [0.25, 0.3) is 0 Å². The monoisotopic (exact) mass is 412 g/mol. The van der Waals surface area contributed by atoms with Gasteiger partial charge in [-0.15, -0.1) is 0 Å². The van der Waals surface area contributed by atoms with Crippen molar-refractivity contribution in [2.75, 3.05) is 41.0 Å². The van der Waals surface area contributed by atoms with Crippen LogP contribution in [0.1, 0.15) is 33.6 Å². The third-order valence-corrected chi connectivity index (χ3v) is 5.42.